The fraction of sp³-hybridized carbons (Fsp3) is 0.545. The van der Waals surface area contributed by atoms with Gasteiger partial charge in [-0.1, -0.05) is 6.92 Å². The molecule has 3 heteroatoms. The second-order valence-corrected chi connectivity index (χ2v) is 4.38. The van der Waals surface area contributed by atoms with E-state index in [1.54, 1.807) is 0 Å². The summed E-state index contributed by atoms with van der Waals surface area (Å²) in [7, 11) is 0. The normalized spacial score (nSPS) is 34.9. The van der Waals surface area contributed by atoms with Gasteiger partial charge in [-0.25, -0.2) is 0 Å². The summed E-state index contributed by atoms with van der Waals surface area (Å²) in [6.45, 7) is 2.23. The van der Waals surface area contributed by atoms with Crippen LogP contribution >= 0.6 is 0 Å². The van der Waals surface area contributed by atoms with Gasteiger partial charge >= 0.3 is 0 Å². The van der Waals surface area contributed by atoms with Crippen molar-refractivity contribution in [2.75, 3.05) is 0 Å². The second kappa shape index (κ2) is 2.62. The van der Waals surface area contributed by atoms with Crippen molar-refractivity contribution >= 4 is 5.91 Å². The molecule has 1 N–H and O–H groups in total. The zero-order valence-electron chi connectivity index (χ0n) is 8.12. The highest BCUT2D eigenvalue weighted by Gasteiger charge is 2.38. The van der Waals surface area contributed by atoms with E-state index in [0.717, 1.165) is 17.4 Å². The molecule has 0 bridgehead atoms. The molecular formula is C11H13NO2. The van der Waals surface area contributed by atoms with Crippen LogP contribution in [-0.4, -0.2) is 5.91 Å². The molecule has 3 atom stereocenters. The minimum Gasteiger partial charge on any atom is -0.464 e. The highest BCUT2D eigenvalue weighted by atomic mass is 16.3. The molecule has 2 aliphatic rings. The van der Waals surface area contributed by atoms with Crippen LogP contribution in [0, 0.1) is 5.92 Å². The van der Waals surface area contributed by atoms with Gasteiger partial charge in [0.2, 0.25) is 5.91 Å². The monoisotopic (exact) mass is 191 g/mol. The third kappa shape index (κ3) is 1.15. The first-order valence-corrected chi connectivity index (χ1v) is 5.13. The van der Waals surface area contributed by atoms with Gasteiger partial charge in [-0.05, 0) is 24.5 Å². The Bertz CT molecular complexity index is 374. The third-order valence-corrected chi connectivity index (χ3v) is 3.19. The lowest BCUT2D eigenvalue weighted by atomic mass is 10.0. The molecule has 1 aliphatic carbocycles. The molecule has 74 valence electrons. The third-order valence-electron chi connectivity index (χ3n) is 3.19. The average Bonchev–Trinajstić information content (AvgIpc) is 2.64. The SMILES string of the molecule is CC1CC1c1ccc(C2CC(=O)N2)o1. The molecule has 2 heterocycles. The Hall–Kier alpha value is -1.25. The number of β-lactam (4-membered cyclic amide) rings is 1. The summed E-state index contributed by atoms with van der Waals surface area (Å²) < 4.78 is 5.72. The van der Waals surface area contributed by atoms with Gasteiger partial charge in [0.1, 0.15) is 11.5 Å². The standard InChI is InChI=1S/C11H13NO2/c1-6-4-7(6)9-2-3-10(14-9)8-5-11(13)12-8/h2-3,6-8H,4-5H2,1H3,(H,12,13). The number of amides is 1. The maximum absolute atomic E-state index is 10.7. The molecule has 1 aromatic rings. The molecule has 14 heavy (non-hydrogen) atoms. The van der Waals surface area contributed by atoms with Gasteiger partial charge in [-0.2, -0.15) is 0 Å². The quantitative estimate of drug-likeness (QED) is 0.726. The van der Waals surface area contributed by atoms with Gasteiger partial charge in [0, 0.05) is 5.92 Å². The molecule has 3 unspecified atom stereocenters. The van der Waals surface area contributed by atoms with Crippen molar-refractivity contribution in [3.8, 4) is 0 Å². The van der Waals surface area contributed by atoms with Crippen LogP contribution in [0.1, 0.15) is 43.2 Å². The Morgan fingerprint density at radius 1 is 1.43 bits per heavy atom. The Morgan fingerprint density at radius 2 is 2.07 bits per heavy atom. The van der Waals surface area contributed by atoms with Crippen LogP contribution in [-0.2, 0) is 4.79 Å². The van der Waals surface area contributed by atoms with Gasteiger partial charge in [0.15, 0.2) is 0 Å². The molecule has 3 rings (SSSR count). The largest absolute Gasteiger partial charge is 0.464 e. The Kier molecular flexibility index (Phi) is 1.52. The van der Waals surface area contributed by atoms with Crippen LogP contribution in [0.3, 0.4) is 0 Å². The van der Waals surface area contributed by atoms with Crippen molar-refractivity contribution in [2.24, 2.45) is 5.92 Å². The predicted octanol–water partition coefficient (Wildman–Crippen LogP) is 1.96. The van der Waals surface area contributed by atoms with Crippen molar-refractivity contribution in [2.45, 2.75) is 31.7 Å². The van der Waals surface area contributed by atoms with Crippen LogP contribution < -0.4 is 5.32 Å². The average molecular weight is 191 g/mol. The molecule has 1 aromatic heterocycles. The van der Waals surface area contributed by atoms with E-state index in [9.17, 15) is 4.79 Å². The fourth-order valence-electron chi connectivity index (χ4n) is 2.00. The molecule has 2 fully saturated rings. The number of carbonyl (C=O) groups is 1. The Labute approximate surface area is 82.5 Å². The molecule has 3 nitrogen and oxygen atoms in total. The first-order valence-electron chi connectivity index (χ1n) is 5.13. The molecule has 0 radical (unpaired) electrons. The highest BCUT2D eigenvalue weighted by molar-refractivity contribution is 5.83. The summed E-state index contributed by atoms with van der Waals surface area (Å²) in [6.07, 6.45) is 1.82. The zero-order chi connectivity index (χ0) is 9.71. The maximum Gasteiger partial charge on any atom is 0.223 e. The van der Waals surface area contributed by atoms with Gasteiger partial charge in [-0.3, -0.25) is 4.79 Å². The number of carbonyl (C=O) groups excluding carboxylic acids is 1. The van der Waals surface area contributed by atoms with Crippen molar-refractivity contribution in [1.29, 1.82) is 0 Å². The molecule has 1 amide bonds. The Balaban J connectivity index is 1.74. The number of hydrogen-bond acceptors (Lipinski definition) is 2. The van der Waals surface area contributed by atoms with Gasteiger partial charge < -0.3 is 9.73 Å². The van der Waals surface area contributed by atoms with Gasteiger partial charge in [0.05, 0.1) is 12.5 Å². The second-order valence-electron chi connectivity index (χ2n) is 4.38. The lowest BCUT2D eigenvalue weighted by molar-refractivity contribution is -0.128. The van der Waals surface area contributed by atoms with E-state index < -0.39 is 0 Å². The van der Waals surface area contributed by atoms with Gasteiger partial charge in [-0.15, -0.1) is 0 Å². The van der Waals surface area contributed by atoms with E-state index in [0.29, 0.717) is 12.3 Å². The molecule has 1 saturated carbocycles. The van der Waals surface area contributed by atoms with Crippen molar-refractivity contribution in [1.82, 2.24) is 5.32 Å². The van der Waals surface area contributed by atoms with Crippen molar-refractivity contribution in [3.63, 3.8) is 0 Å². The van der Waals surface area contributed by atoms with E-state index in [-0.39, 0.29) is 11.9 Å². The number of nitrogens with one attached hydrogen (secondary N) is 1. The molecule has 0 spiro atoms. The van der Waals surface area contributed by atoms with E-state index in [2.05, 4.69) is 12.2 Å². The molecule has 0 aromatic carbocycles. The van der Waals surface area contributed by atoms with Gasteiger partial charge in [0.25, 0.3) is 0 Å². The van der Waals surface area contributed by atoms with E-state index >= 15 is 0 Å². The van der Waals surface area contributed by atoms with E-state index in [1.807, 2.05) is 12.1 Å². The highest BCUT2D eigenvalue weighted by Crippen LogP contribution is 2.47. The lowest BCUT2D eigenvalue weighted by Gasteiger charge is -2.24. The minimum atomic E-state index is 0.118. The van der Waals surface area contributed by atoms with Crippen LogP contribution in [0.15, 0.2) is 16.5 Å². The Morgan fingerprint density at radius 3 is 2.64 bits per heavy atom. The zero-order valence-corrected chi connectivity index (χ0v) is 8.12. The summed E-state index contributed by atoms with van der Waals surface area (Å²) in [6, 6.07) is 4.17. The maximum atomic E-state index is 10.7. The predicted molar refractivity (Wildman–Crippen MR) is 50.7 cm³/mol. The van der Waals surface area contributed by atoms with E-state index in [1.165, 1.54) is 6.42 Å². The lowest BCUT2D eigenvalue weighted by Crippen LogP contribution is -2.41. The number of furan rings is 1. The van der Waals surface area contributed by atoms with Crippen molar-refractivity contribution < 1.29 is 9.21 Å². The topological polar surface area (TPSA) is 42.2 Å². The summed E-state index contributed by atoms with van der Waals surface area (Å²) in [5, 5.41) is 2.81. The van der Waals surface area contributed by atoms with E-state index in [4.69, 9.17) is 4.42 Å². The van der Waals surface area contributed by atoms with Crippen LogP contribution in [0.5, 0.6) is 0 Å². The summed E-state index contributed by atoms with van der Waals surface area (Å²) in [4.78, 5) is 10.7. The van der Waals surface area contributed by atoms with Crippen LogP contribution in [0.25, 0.3) is 0 Å². The number of hydrogen-bond donors (Lipinski definition) is 1. The minimum absolute atomic E-state index is 0.118. The molecular weight excluding hydrogens is 178 g/mol. The number of rotatable bonds is 2. The first-order chi connectivity index (χ1) is 6.74. The van der Waals surface area contributed by atoms with Crippen LogP contribution in [0.2, 0.25) is 0 Å². The fourth-order valence-corrected chi connectivity index (χ4v) is 2.00. The summed E-state index contributed by atoms with van der Waals surface area (Å²) in [5.74, 6) is 3.52. The first kappa shape index (κ1) is 8.09. The molecule has 1 saturated heterocycles. The van der Waals surface area contributed by atoms with Crippen molar-refractivity contribution in [3.05, 3.63) is 23.7 Å². The smallest absolute Gasteiger partial charge is 0.223 e. The summed E-state index contributed by atoms with van der Waals surface area (Å²) >= 11 is 0. The summed E-state index contributed by atoms with van der Waals surface area (Å²) in [5.41, 5.74) is 0. The van der Waals surface area contributed by atoms with Crippen LogP contribution in [0.4, 0.5) is 0 Å². The molecule has 1 aliphatic heterocycles.